The van der Waals surface area contributed by atoms with Gasteiger partial charge in [0.15, 0.2) is 5.78 Å². The second kappa shape index (κ2) is 3.54. The Hall–Kier alpha value is -0.410. The van der Waals surface area contributed by atoms with Crippen molar-refractivity contribution in [2.24, 2.45) is 5.92 Å². The minimum absolute atomic E-state index is 0.0671. The first kappa shape index (κ1) is 9.68. The third-order valence-corrected chi connectivity index (χ3v) is 2.52. The molecule has 1 fully saturated rings. The van der Waals surface area contributed by atoms with Gasteiger partial charge in [-0.2, -0.15) is 0 Å². The molecule has 2 unspecified atom stereocenters. The smallest absolute Gasteiger partial charge is 0.169 e. The van der Waals surface area contributed by atoms with Crippen LogP contribution in [0.1, 0.15) is 26.7 Å². The second-order valence-electron chi connectivity index (χ2n) is 3.55. The lowest BCUT2D eigenvalue weighted by molar-refractivity contribution is -0.140. The number of carbonyl (C=O) groups is 1. The van der Waals surface area contributed by atoms with E-state index in [4.69, 9.17) is 4.74 Å². The molecule has 0 radical (unpaired) electrons. The maximum absolute atomic E-state index is 11.6. The van der Waals surface area contributed by atoms with Gasteiger partial charge < -0.3 is 9.84 Å². The van der Waals surface area contributed by atoms with E-state index in [1.54, 1.807) is 6.92 Å². The van der Waals surface area contributed by atoms with Crippen molar-refractivity contribution in [1.82, 2.24) is 0 Å². The first-order valence-electron chi connectivity index (χ1n) is 4.42. The molecule has 0 saturated carbocycles. The summed E-state index contributed by atoms with van der Waals surface area (Å²) in [6.07, 6.45) is 1.23. The minimum Gasteiger partial charge on any atom is -0.382 e. The molecule has 0 aromatic rings. The van der Waals surface area contributed by atoms with E-state index in [1.807, 2.05) is 6.92 Å². The number of aliphatic hydroxyl groups is 1. The lowest BCUT2D eigenvalue weighted by Crippen LogP contribution is -2.39. The van der Waals surface area contributed by atoms with Gasteiger partial charge in [-0.3, -0.25) is 4.79 Å². The highest BCUT2D eigenvalue weighted by atomic mass is 16.5. The topological polar surface area (TPSA) is 46.5 Å². The molecular formula is C9H16O3. The molecule has 0 bridgehead atoms. The van der Waals surface area contributed by atoms with Crippen LogP contribution >= 0.6 is 0 Å². The first-order valence-corrected chi connectivity index (χ1v) is 4.42. The van der Waals surface area contributed by atoms with Crippen molar-refractivity contribution in [2.45, 2.75) is 32.3 Å². The first-order chi connectivity index (χ1) is 5.58. The maximum atomic E-state index is 11.6. The summed E-state index contributed by atoms with van der Waals surface area (Å²) in [6.45, 7) is 4.52. The van der Waals surface area contributed by atoms with Crippen molar-refractivity contribution < 1.29 is 14.6 Å². The Bertz CT molecular complexity index is 169. The van der Waals surface area contributed by atoms with Gasteiger partial charge in [0.25, 0.3) is 0 Å². The summed E-state index contributed by atoms with van der Waals surface area (Å²) in [5.74, 6) is -0.151. The van der Waals surface area contributed by atoms with Crippen LogP contribution < -0.4 is 0 Å². The summed E-state index contributed by atoms with van der Waals surface area (Å²) < 4.78 is 5.09. The third kappa shape index (κ3) is 1.84. The van der Waals surface area contributed by atoms with E-state index in [1.165, 1.54) is 0 Å². The highest BCUT2D eigenvalue weighted by Crippen LogP contribution is 2.22. The van der Waals surface area contributed by atoms with Gasteiger partial charge in [0.1, 0.15) is 5.60 Å². The van der Waals surface area contributed by atoms with Crippen molar-refractivity contribution in [3.8, 4) is 0 Å². The normalized spacial score (nSPS) is 28.4. The Morgan fingerprint density at radius 3 is 2.83 bits per heavy atom. The summed E-state index contributed by atoms with van der Waals surface area (Å²) in [4.78, 5) is 11.6. The SMILES string of the molecule is CCC(C)(O)C(=O)C1CCOC1. The zero-order valence-electron chi connectivity index (χ0n) is 7.67. The number of ketones is 1. The van der Waals surface area contributed by atoms with Crippen molar-refractivity contribution in [3.05, 3.63) is 0 Å². The zero-order valence-corrected chi connectivity index (χ0v) is 7.67. The van der Waals surface area contributed by atoms with Crippen molar-refractivity contribution in [2.75, 3.05) is 13.2 Å². The largest absolute Gasteiger partial charge is 0.382 e. The van der Waals surface area contributed by atoms with Gasteiger partial charge in [0, 0.05) is 12.5 Å². The van der Waals surface area contributed by atoms with E-state index in [0.29, 0.717) is 19.6 Å². The number of hydrogen-bond donors (Lipinski definition) is 1. The molecular weight excluding hydrogens is 156 g/mol. The van der Waals surface area contributed by atoms with Crippen LogP contribution in [-0.4, -0.2) is 29.7 Å². The summed E-state index contributed by atoms with van der Waals surface area (Å²) in [5, 5.41) is 9.65. The average Bonchev–Trinajstić information content (AvgIpc) is 2.55. The molecule has 1 heterocycles. The van der Waals surface area contributed by atoms with Gasteiger partial charge >= 0.3 is 0 Å². The fourth-order valence-corrected chi connectivity index (χ4v) is 1.36. The Kier molecular flexibility index (Phi) is 2.85. The van der Waals surface area contributed by atoms with Gasteiger partial charge in [-0.05, 0) is 19.8 Å². The molecule has 1 N–H and O–H groups in total. The Balaban J connectivity index is 2.56. The Labute approximate surface area is 72.7 Å². The molecule has 70 valence electrons. The number of rotatable bonds is 3. The molecule has 1 rings (SSSR count). The monoisotopic (exact) mass is 172 g/mol. The molecule has 1 aliphatic heterocycles. The number of Topliss-reactive ketones (excluding diaryl/α,β-unsaturated/α-hetero) is 1. The van der Waals surface area contributed by atoms with Crippen LogP contribution in [0, 0.1) is 5.92 Å². The van der Waals surface area contributed by atoms with Crippen LogP contribution in [0.25, 0.3) is 0 Å². The molecule has 0 aromatic carbocycles. The highest BCUT2D eigenvalue weighted by molar-refractivity contribution is 5.89. The molecule has 1 saturated heterocycles. The Morgan fingerprint density at radius 1 is 1.75 bits per heavy atom. The van der Waals surface area contributed by atoms with Crippen LogP contribution in [0.3, 0.4) is 0 Å². The molecule has 3 nitrogen and oxygen atoms in total. The lowest BCUT2D eigenvalue weighted by Gasteiger charge is -2.22. The van der Waals surface area contributed by atoms with Gasteiger partial charge in [0.05, 0.1) is 6.61 Å². The summed E-state index contributed by atoms with van der Waals surface area (Å²) in [6, 6.07) is 0. The van der Waals surface area contributed by atoms with Crippen LogP contribution in [0.4, 0.5) is 0 Å². The van der Waals surface area contributed by atoms with Gasteiger partial charge in [-0.25, -0.2) is 0 Å². The highest BCUT2D eigenvalue weighted by Gasteiger charge is 2.35. The van der Waals surface area contributed by atoms with E-state index in [-0.39, 0.29) is 11.7 Å². The molecule has 0 aliphatic carbocycles. The van der Waals surface area contributed by atoms with Crippen LogP contribution in [0.2, 0.25) is 0 Å². The van der Waals surface area contributed by atoms with Gasteiger partial charge in [0.2, 0.25) is 0 Å². The fraction of sp³-hybridized carbons (Fsp3) is 0.889. The molecule has 1 aliphatic rings. The second-order valence-corrected chi connectivity index (χ2v) is 3.55. The van der Waals surface area contributed by atoms with E-state index >= 15 is 0 Å². The fourth-order valence-electron chi connectivity index (χ4n) is 1.36. The van der Waals surface area contributed by atoms with Crippen LogP contribution in [-0.2, 0) is 9.53 Å². The molecule has 0 amide bonds. The average molecular weight is 172 g/mol. The van der Waals surface area contributed by atoms with E-state index in [0.717, 1.165) is 6.42 Å². The van der Waals surface area contributed by atoms with Crippen LogP contribution in [0.15, 0.2) is 0 Å². The number of carbonyl (C=O) groups excluding carboxylic acids is 1. The zero-order chi connectivity index (χ0) is 9.19. The van der Waals surface area contributed by atoms with E-state index in [9.17, 15) is 9.90 Å². The van der Waals surface area contributed by atoms with E-state index < -0.39 is 5.60 Å². The predicted molar refractivity (Wildman–Crippen MR) is 44.8 cm³/mol. The lowest BCUT2D eigenvalue weighted by atomic mass is 9.88. The quantitative estimate of drug-likeness (QED) is 0.683. The molecule has 2 atom stereocenters. The van der Waals surface area contributed by atoms with Gasteiger partial charge in [-0.1, -0.05) is 6.92 Å². The minimum atomic E-state index is -1.15. The van der Waals surface area contributed by atoms with Gasteiger partial charge in [-0.15, -0.1) is 0 Å². The van der Waals surface area contributed by atoms with E-state index in [2.05, 4.69) is 0 Å². The molecule has 0 aromatic heterocycles. The number of hydrogen-bond acceptors (Lipinski definition) is 3. The summed E-state index contributed by atoms with van der Waals surface area (Å²) in [5.41, 5.74) is -1.15. The summed E-state index contributed by atoms with van der Waals surface area (Å²) >= 11 is 0. The molecule has 0 spiro atoms. The van der Waals surface area contributed by atoms with Crippen molar-refractivity contribution in [1.29, 1.82) is 0 Å². The maximum Gasteiger partial charge on any atom is 0.169 e. The molecule has 3 heteroatoms. The standard InChI is InChI=1S/C9H16O3/c1-3-9(2,11)8(10)7-4-5-12-6-7/h7,11H,3-6H2,1-2H3. The molecule has 12 heavy (non-hydrogen) atoms. The Morgan fingerprint density at radius 2 is 2.42 bits per heavy atom. The van der Waals surface area contributed by atoms with Crippen molar-refractivity contribution >= 4 is 5.78 Å². The van der Waals surface area contributed by atoms with Crippen molar-refractivity contribution in [3.63, 3.8) is 0 Å². The predicted octanol–water partition coefficient (Wildman–Crippen LogP) is 0.753. The third-order valence-electron chi connectivity index (χ3n) is 2.52. The van der Waals surface area contributed by atoms with Crippen LogP contribution in [0.5, 0.6) is 0 Å². The number of ether oxygens (including phenoxy) is 1. The summed E-state index contributed by atoms with van der Waals surface area (Å²) in [7, 11) is 0.